The largest absolute Gasteiger partial charge is 0.591 e. The van der Waals surface area contributed by atoms with E-state index in [1.54, 1.807) is 25.1 Å². The summed E-state index contributed by atoms with van der Waals surface area (Å²) < 4.78 is 21.2. The zero-order chi connectivity index (χ0) is 19.2. The minimum absolute atomic E-state index is 0.206. The highest BCUT2D eigenvalue weighted by molar-refractivity contribution is 7.91. The van der Waals surface area contributed by atoms with Crippen LogP contribution >= 0.6 is 0 Å². The van der Waals surface area contributed by atoms with Gasteiger partial charge in [0, 0.05) is 11.3 Å². The van der Waals surface area contributed by atoms with Crippen LogP contribution in [0.15, 0.2) is 59.0 Å². The van der Waals surface area contributed by atoms with Gasteiger partial charge in [-0.15, -0.1) is 0 Å². The number of carbonyl (C=O) groups excluding carboxylic acids is 1. The van der Waals surface area contributed by atoms with Crippen LogP contribution < -0.4 is 5.32 Å². The lowest BCUT2D eigenvalue weighted by molar-refractivity contribution is 0.155. The molecule has 0 fully saturated rings. The number of anilines is 1. The van der Waals surface area contributed by atoms with Gasteiger partial charge in [-0.05, 0) is 45.4 Å². The molecule has 0 unspecified atom stereocenters. The number of carbonyl (C=O) groups is 1. The quantitative estimate of drug-likeness (QED) is 0.610. The third-order valence-corrected chi connectivity index (χ3v) is 4.97. The van der Waals surface area contributed by atoms with Gasteiger partial charge >= 0.3 is 6.09 Å². The topological polar surface area (TPSA) is 73.8 Å². The van der Waals surface area contributed by atoms with E-state index in [0.717, 1.165) is 11.1 Å². The van der Waals surface area contributed by atoms with Crippen LogP contribution in [0.1, 0.15) is 38.8 Å². The Morgan fingerprint density at radius 2 is 1.85 bits per heavy atom. The fraction of sp³-hybridized carbons (Fsp3) is 0.300. The van der Waals surface area contributed by atoms with Gasteiger partial charge in [-0.25, -0.2) is 4.79 Å². The highest BCUT2D eigenvalue weighted by Gasteiger charge is 2.26. The van der Waals surface area contributed by atoms with Crippen LogP contribution in [-0.2, 0) is 22.7 Å². The van der Waals surface area contributed by atoms with Crippen molar-refractivity contribution in [3.8, 4) is 0 Å². The normalized spacial score (nSPS) is 13.2. The van der Waals surface area contributed by atoms with Crippen LogP contribution in [0.25, 0.3) is 0 Å². The molecule has 138 valence electrons. The summed E-state index contributed by atoms with van der Waals surface area (Å²) in [5.41, 5.74) is 2.96. The lowest BCUT2D eigenvalue weighted by Gasteiger charge is -2.18. The molecule has 0 aliphatic heterocycles. The van der Waals surface area contributed by atoms with Crippen molar-refractivity contribution >= 4 is 28.9 Å². The van der Waals surface area contributed by atoms with Crippen molar-refractivity contribution in [2.75, 3.05) is 5.32 Å². The van der Waals surface area contributed by atoms with Crippen LogP contribution in [0, 0.1) is 0 Å². The Hall–Kier alpha value is -2.31. The van der Waals surface area contributed by atoms with Gasteiger partial charge in [0.1, 0.15) is 22.7 Å². The van der Waals surface area contributed by atoms with Crippen molar-refractivity contribution in [3.05, 3.63) is 65.7 Å². The van der Waals surface area contributed by atoms with Crippen LogP contribution in [0.3, 0.4) is 0 Å². The van der Waals surface area contributed by atoms with Crippen molar-refractivity contribution in [1.82, 2.24) is 0 Å². The lowest BCUT2D eigenvalue weighted by atomic mass is 10.1. The van der Waals surface area contributed by atoms with E-state index in [1.165, 1.54) is 0 Å². The molecular formula is C20H24N2O3S. The van der Waals surface area contributed by atoms with Crippen molar-refractivity contribution in [3.63, 3.8) is 0 Å². The molecule has 1 atom stereocenters. The molecule has 0 heterocycles. The highest BCUT2D eigenvalue weighted by atomic mass is 32.2. The second-order valence-electron chi connectivity index (χ2n) is 6.81. The smallest absolute Gasteiger partial charge is 0.411 e. The second kappa shape index (κ2) is 8.87. The van der Waals surface area contributed by atoms with Gasteiger partial charge in [-0.3, -0.25) is 5.32 Å². The van der Waals surface area contributed by atoms with Gasteiger partial charge in [0.25, 0.3) is 0 Å². The van der Waals surface area contributed by atoms with Crippen LogP contribution in [-0.4, -0.2) is 21.1 Å². The fourth-order valence-corrected chi connectivity index (χ4v) is 2.64. The Balaban J connectivity index is 2.00. The molecule has 2 aromatic rings. The standard InChI is InChI=1S/C20H24N2O3S/c1-15(22-26(24)20(2,3)4)17-11-8-12-18(13-17)21-19(23)25-14-16-9-6-5-7-10-16/h5-13H,14H2,1-4H3,(H,21,23)/b22-15+/t26-/m1/s1. The van der Waals surface area contributed by atoms with E-state index in [0.29, 0.717) is 11.4 Å². The monoisotopic (exact) mass is 372 g/mol. The van der Waals surface area contributed by atoms with Crippen LogP contribution in [0.4, 0.5) is 10.5 Å². The minimum Gasteiger partial charge on any atom is -0.591 e. The van der Waals surface area contributed by atoms with Crippen LogP contribution in [0.2, 0.25) is 0 Å². The summed E-state index contributed by atoms with van der Waals surface area (Å²) in [5.74, 6) is 0. The van der Waals surface area contributed by atoms with E-state index in [4.69, 9.17) is 4.74 Å². The molecule has 1 N–H and O–H groups in total. The first-order valence-electron chi connectivity index (χ1n) is 8.31. The van der Waals surface area contributed by atoms with Gasteiger partial charge < -0.3 is 9.29 Å². The SMILES string of the molecule is C/C(=N\[S@+]([O-])C(C)(C)C)c1cccc(NC(=O)OCc2ccccc2)c1. The van der Waals surface area contributed by atoms with E-state index in [1.807, 2.05) is 57.2 Å². The number of hydrogen-bond donors (Lipinski definition) is 1. The van der Waals surface area contributed by atoms with E-state index < -0.39 is 22.2 Å². The molecule has 0 bridgehead atoms. The van der Waals surface area contributed by atoms with Crippen molar-refractivity contribution in [2.45, 2.75) is 39.0 Å². The number of hydrogen-bond acceptors (Lipinski definition) is 4. The molecule has 0 aliphatic carbocycles. The summed E-state index contributed by atoms with van der Waals surface area (Å²) in [6.07, 6.45) is -0.529. The van der Waals surface area contributed by atoms with Gasteiger partial charge in [0.2, 0.25) is 0 Å². The van der Waals surface area contributed by atoms with E-state index >= 15 is 0 Å². The summed E-state index contributed by atoms with van der Waals surface area (Å²) in [6.45, 7) is 7.63. The molecule has 0 spiro atoms. The van der Waals surface area contributed by atoms with Crippen LogP contribution in [0.5, 0.6) is 0 Å². The van der Waals surface area contributed by atoms with Crippen molar-refractivity contribution in [1.29, 1.82) is 0 Å². The zero-order valence-electron chi connectivity index (χ0n) is 15.5. The summed E-state index contributed by atoms with van der Waals surface area (Å²) in [7, 11) is 0. The summed E-state index contributed by atoms with van der Waals surface area (Å²) >= 11 is -1.33. The number of rotatable bonds is 5. The molecule has 0 aromatic heterocycles. The molecule has 2 aromatic carbocycles. The molecule has 0 saturated carbocycles. The zero-order valence-corrected chi connectivity index (χ0v) is 16.3. The predicted octanol–water partition coefficient (Wildman–Crippen LogP) is 4.71. The molecule has 2 rings (SSSR count). The first-order chi connectivity index (χ1) is 12.3. The summed E-state index contributed by atoms with van der Waals surface area (Å²) in [5, 5.41) is 2.70. The number of amides is 1. The Labute approximate surface area is 157 Å². The highest BCUT2D eigenvalue weighted by Crippen LogP contribution is 2.19. The van der Waals surface area contributed by atoms with Gasteiger partial charge in [0.05, 0.1) is 5.71 Å². The maximum absolute atomic E-state index is 12.2. The molecule has 5 nitrogen and oxygen atoms in total. The second-order valence-corrected chi connectivity index (χ2v) is 8.71. The minimum atomic E-state index is -1.33. The fourth-order valence-electron chi connectivity index (χ4n) is 2.01. The maximum atomic E-state index is 12.2. The number of nitrogens with one attached hydrogen (secondary N) is 1. The third-order valence-electron chi connectivity index (χ3n) is 3.48. The molecular weight excluding hydrogens is 348 g/mol. The van der Waals surface area contributed by atoms with E-state index in [9.17, 15) is 9.35 Å². The number of ether oxygens (including phenoxy) is 1. The first-order valence-corrected chi connectivity index (χ1v) is 9.42. The number of nitrogens with zero attached hydrogens (tertiary/aromatic N) is 1. The lowest BCUT2D eigenvalue weighted by Crippen LogP contribution is -2.26. The molecule has 0 saturated heterocycles. The number of benzene rings is 2. The van der Waals surface area contributed by atoms with Crippen molar-refractivity contribution < 1.29 is 14.1 Å². The van der Waals surface area contributed by atoms with Gasteiger partial charge in [-0.1, -0.05) is 46.9 Å². The van der Waals surface area contributed by atoms with Crippen molar-refractivity contribution in [2.24, 2.45) is 4.40 Å². The summed E-state index contributed by atoms with van der Waals surface area (Å²) in [6, 6.07) is 16.7. The van der Waals surface area contributed by atoms with E-state index in [2.05, 4.69) is 9.71 Å². The first kappa shape index (κ1) is 20.0. The summed E-state index contributed by atoms with van der Waals surface area (Å²) in [4.78, 5) is 12.0. The molecule has 26 heavy (non-hydrogen) atoms. The molecule has 6 heteroatoms. The molecule has 0 aliphatic rings. The van der Waals surface area contributed by atoms with Gasteiger partial charge in [0.15, 0.2) is 0 Å². The average molecular weight is 372 g/mol. The maximum Gasteiger partial charge on any atom is 0.411 e. The predicted molar refractivity (Wildman–Crippen MR) is 107 cm³/mol. The Kier molecular flexibility index (Phi) is 6.83. The molecule has 1 amide bonds. The third kappa shape index (κ3) is 6.20. The Morgan fingerprint density at radius 3 is 2.50 bits per heavy atom. The Morgan fingerprint density at radius 1 is 1.15 bits per heavy atom. The van der Waals surface area contributed by atoms with Gasteiger partial charge in [-0.2, -0.15) is 0 Å². The Bertz CT molecular complexity index is 770. The van der Waals surface area contributed by atoms with E-state index in [-0.39, 0.29) is 6.61 Å². The average Bonchev–Trinajstić information content (AvgIpc) is 2.60. The molecule has 0 radical (unpaired) electrons.